The molecule has 0 bridgehead atoms. The van der Waals surface area contributed by atoms with Crippen LogP contribution in [0.4, 0.5) is 4.39 Å². The molecule has 0 fully saturated rings. The highest BCUT2D eigenvalue weighted by Crippen LogP contribution is 2.20. The van der Waals surface area contributed by atoms with Gasteiger partial charge in [0.25, 0.3) is 0 Å². The molecule has 0 heterocycles. The fraction of sp³-hybridized carbons (Fsp3) is 0.240. The van der Waals surface area contributed by atoms with Crippen molar-refractivity contribution in [1.29, 1.82) is 0 Å². The average molecular weight is 472 g/mol. The van der Waals surface area contributed by atoms with Gasteiger partial charge in [-0.05, 0) is 53.9 Å². The summed E-state index contributed by atoms with van der Waals surface area (Å²) in [6.07, 6.45) is 1.03. The lowest BCUT2D eigenvalue weighted by atomic mass is 10.1. The van der Waals surface area contributed by atoms with Gasteiger partial charge in [-0.2, -0.15) is 8.42 Å². The van der Waals surface area contributed by atoms with Crippen LogP contribution in [0.5, 0.6) is 5.75 Å². The maximum Gasteiger partial charge on any atom is 0.339 e. The second kappa shape index (κ2) is 11.6. The Hall–Kier alpha value is -3.23. The van der Waals surface area contributed by atoms with Crippen molar-refractivity contribution in [3.05, 3.63) is 95.8 Å². The molecule has 33 heavy (non-hydrogen) atoms. The molecular weight excluding hydrogens is 445 g/mol. The van der Waals surface area contributed by atoms with Crippen LogP contribution in [0.15, 0.2) is 83.8 Å². The van der Waals surface area contributed by atoms with Gasteiger partial charge in [0.05, 0.1) is 6.61 Å². The molecule has 0 spiro atoms. The number of hydrogen-bond acceptors (Lipinski definition) is 5. The minimum atomic E-state index is -4.07. The Balaban J connectivity index is 1.63. The molecule has 1 amide bonds. The van der Waals surface area contributed by atoms with Gasteiger partial charge in [-0.3, -0.25) is 4.79 Å². The molecule has 0 saturated carbocycles. The van der Waals surface area contributed by atoms with Crippen LogP contribution in [-0.2, 0) is 32.6 Å². The third-order valence-corrected chi connectivity index (χ3v) is 6.25. The molecule has 0 N–H and O–H groups in total. The van der Waals surface area contributed by atoms with Gasteiger partial charge in [-0.25, -0.2) is 4.39 Å². The summed E-state index contributed by atoms with van der Waals surface area (Å²) in [4.78, 5) is 14.4. The summed E-state index contributed by atoms with van der Waals surface area (Å²) in [6.45, 7) is 1.22. The fourth-order valence-electron chi connectivity index (χ4n) is 3.19. The van der Waals surface area contributed by atoms with Crippen LogP contribution in [0.1, 0.15) is 17.5 Å². The van der Waals surface area contributed by atoms with Crippen molar-refractivity contribution in [2.45, 2.75) is 24.3 Å². The Morgan fingerprint density at radius 2 is 1.58 bits per heavy atom. The summed E-state index contributed by atoms with van der Waals surface area (Å²) in [5, 5.41) is 0. The summed E-state index contributed by atoms with van der Waals surface area (Å²) in [5.74, 6) is -0.397. The van der Waals surface area contributed by atoms with Gasteiger partial charge in [0.2, 0.25) is 5.91 Å². The molecule has 0 aliphatic carbocycles. The summed E-state index contributed by atoms with van der Waals surface area (Å²) < 4.78 is 48.0. The first-order chi connectivity index (χ1) is 15.9. The Morgan fingerprint density at radius 3 is 2.21 bits per heavy atom. The molecule has 0 saturated heterocycles. The molecule has 3 aromatic carbocycles. The number of amides is 1. The van der Waals surface area contributed by atoms with E-state index in [1.807, 2.05) is 30.3 Å². The van der Waals surface area contributed by atoms with E-state index < -0.39 is 15.9 Å². The van der Waals surface area contributed by atoms with E-state index in [1.54, 1.807) is 24.1 Å². The number of benzene rings is 3. The first-order valence-electron chi connectivity index (χ1n) is 10.5. The van der Waals surface area contributed by atoms with Crippen molar-refractivity contribution in [3.63, 3.8) is 0 Å². The summed E-state index contributed by atoms with van der Waals surface area (Å²) in [5.41, 5.74) is 1.92. The lowest BCUT2D eigenvalue weighted by Gasteiger charge is -2.23. The predicted molar refractivity (Wildman–Crippen MR) is 123 cm³/mol. The molecule has 0 aromatic heterocycles. The first-order valence-corrected chi connectivity index (χ1v) is 11.9. The zero-order chi connectivity index (χ0) is 23.7. The molecular formula is C25H26FNO5S. The molecule has 0 aliphatic rings. The number of carbonyl (C=O) groups excluding carboxylic acids is 1. The van der Waals surface area contributed by atoms with Crippen LogP contribution in [0.3, 0.4) is 0 Å². The number of halogens is 1. The maximum absolute atomic E-state index is 13.0. The molecule has 0 radical (unpaired) electrons. The SMILES string of the molecule is COCCN(Cc1ccc(OS(=O)(=O)c2ccc(F)cc2)cc1)C(=O)CCc1ccccc1. The Bertz CT molecular complexity index is 1130. The molecule has 3 rings (SSSR count). The topological polar surface area (TPSA) is 72.9 Å². The van der Waals surface area contributed by atoms with Crippen LogP contribution in [0.2, 0.25) is 0 Å². The lowest BCUT2D eigenvalue weighted by molar-refractivity contribution is -0.132. The Kier molecular flexibility index (Phi) is 8.57. The van der Waals surface area contributed by atoms with E-state index in [2.05, 4.69) is 0 Å². The van der Waals surface area contributed by atoms with Crippen molar-refractivity contribution in [2.24, 2.45) is 0 Å². The van der Waals surface area contributed by atoms with E-state index in [1.165, 1.54) is 12.1 Å². The molecule has 3 aromatic rings. The number of rotatable bonds is 11. The number of hydrogen-bond donors (Lipinski definition) is 0. The van der Waals surface area contributed by atoms with E-state index in [0.717, 1.165) is 35.4 Å². The van der Waals surface area contributed by atoms with E-state index in [0.29, 0.717) is 32.5 Å². The number of nitrogens with zero attached hydrogens (tertiary/aromatic N) is 1. The van der Waals surface area contributed by atoms with Gasteiger partial charge in [0, 0.05) is 26.6 Å². The summed E-state index contributed by atoms with van der Waals surface area (Å²) >= 11 is 0. The molecule has 0 aliphatic heterocycles. The van der Waals surface area contributed by atoms with Crippen LogP contribution < -0.4 is 4.18 Å². The first kappa shape index (κ1) is 24.4. The lowest BCUT2D eigenvalue weighted by Crippen LogP contribution is -2.33. The van der Waals surface area contributed by atoms with E-state index in [9.17, 15) is 17.6 Å². The Labute approximate surface area is 193 Å². The van der Waals surface area contributed by atoms with E-state index in [-0.39, 0.29) is 16.6 Å². The van der Waals surface area contributed by atoms with Gasteiger partial charge in [0.1, 0.15) is 16.5 Å². The van der Waals surface area contributed by atoms with Crippen molar-refractivity contribution >= 4 is 16.0 Å². The largest absolute Gasteiger partial charge is 0.383 e. The highest BCUT2D eigenvalue weighted by Gasteiger charge is 2.18. The monoisotopic (exact) mass is 471 g/mol. The third kappa shape index (κ3) is 7.40. The number of ether oxygens (including phenoxy) is 1. The predicted octanol–water partition coefficient (Wildman–Crippen LogP) is 4.20. The van der Waals surface area contributed by atoms with E-state index >= 15 is 0 Å². The molecule has 8 heteroatoms. The highest BCUT2D eigenvalue weighted by atomic mass is 32.2. The molecule has 0 unspecified atom stereocenters. The van der Waals surface area contributed by atoms with Gasteiger partial charge < -0.3 is 13.8 Å². The van der Waals surface area contributed by atoms with Crippen LogP contribution in [0, 0.1) is 5.82 Å². The zero-order valence-corrected chi connectivity index (χ0v) is 19.1. The average Bonchev–Trinajstić information content (AvgIpc) is 2.82. The van der Waals surface area contributed by atoms with Crippen LogP contribution in [0.25, 0.3) is 0 Å². The smallest absolute Gasteiger partial charge is 0.339 e. The minimum Gasteiger partial charge on any atom is -0.383 e. The Morgan fingerprint density at radius 1 is 0.909 bits per heavy atom. The molecule has 6 nitrogen and oxygen atoms in total. The van der Waals surface area contributed by atoms with Gasteiger partial charge in [-0.1, -0.05) is 42.5 Å². The number of carbonyl (C=O) groups is 1. The van der Waals surface area contributed by atoms with E-state index in [4.69, 9.17) is 8.92 Å². The maximum atomic E-state index is 13.0. The normalized spacial score (nSPS) is 11.2. The fourth-order valence-corrected chi connectivity index (χ4v) is 4.12. The quantitative estimate of drug-likeness (QED) is 0.392. The highest BCUT2D eigenvalue weighted by molar-refractivity contribution is 7.87. The number of aryl methyl sites for hydroxylation is 1. The van der Waals surface area contributed by atoms with Crippen molar-refractivity contribution in [2.75, 3.05) is 20.3 Å². The number of methoxy groups -OCH3 is 1. The minimum absolute atomic E-state index is 0.00937. The van der Waals surface area contributed by atoms with Crippen LogP contribution in [-0.4, -0.2) is 39.5 Å². The third-order valence-electron chi connectivity index (χ3n) is 4.99. The van der Waals surface area contributed by atoms with Crippen molar-refractivity contribution in [3.8, 4) is 5.75 Å². The van der Waals surface area contributed by atoms with Crippen molar-refractivity contribution < 1.29 is 26.5 Å². The zero-order valence-electron chi connectivity index (χ0n) is 18.3. The molecule has 0 atom stereocenters. The van der Waals surface area contributed by atoms with Gasteiger partial charge in [0.15, 0.2) is 0 Å². The van der Waals surface area contributed by atoms with Gasteiger partial charge >= 0.3 is 10.1 Å². The summed E-state index contributed by atoms with van der Waals surface area (Å²) in [7, 11) is -2.49. The summed E-state index contributed by atoms with van der Waals surface area (Å²) in [6, 6.07) is 20.7. The standard InChI is InChI=1S/C25H26FNO5S/c1-31-18-17-27(25(28)16-9-20-5-3-2-4-6-20)19-21-7-12-23(13-8-21)32-33(29,30)24-14-10-22(26)11-15-24/h2-8,10-15H,9,16-19H2,1H3. The van der Waals surface area contributed by atoms with Gasteiger partial charge in [-0.15, -0.1) is 0 Å². The second-order valence-electron chi connectivity index (χ2n) is 7.43. The van der Waals surface area contributed by atoms with Crippen LogP contribution >= 0.6 is 0 Å². The van der Waals surface area contributed by atoms with Crippen molar-refractivity contribution in [1.82, 2.24) is 4.90 Å². The second-order valence-corrected chi connectivity index (χ2v) is 8.98. The molecule has 174 valence electrons.